The Morgan fingerprint density at radius 3 is 2.58 bits per heavy atom. The molecule has 0 aromatic heterocycles. The molecule has 31 heavy (non-hydrogen) atoms. The van der Waals surface area contributed by atoms with Crippen molar-refractivity contribution in [2.75, 3.05) is 6.61 Å². The van der Waals surface area contributed by atoms with Crippen LogP contribution >= 0.6 is 0 Å². The molecule has 0 bridgehead atoms. The minimum absolute atomic E-state index is 0.416. The normalized spacial score (nSPS) is 36.0. The van der Waals surface area contributed by atoms with E-state index in [0.29, 0.717) is 5.92 Å². The largest absolute Gasteiger partial charge is 0.394 e. The van der Waals surface area contributed by atoms with Gasteiger partial charge in [-0.1, -0.05) is 55.8 Å². The van der Waals surface area contributed by atoms with E-state index in [9.17, 15) is 20.4 Å². The van der Waals surface area contributed by atoms with E-state index < -0.39 is 37.1 Å². The number of allylic oxidation sites excluding steroid dienone is 4. The molecule has 1 aromatic rings. The lowest BCUT2D eigenvalue weighted by Crippen LogP contribution is -2.55. The Labute approximate surface area is 185 Å². The molecule has 5 heteroatoms. The summed E-state index contributed by atoms with van der Waals surface area (Å²) in [7, 11) is 0. The van der Waals surface area contributed by atoms with Crippen LogP contribution in [0.15, 0.2) is 47.6 Å². The quantitative estimate of drug-likeness (QED) is 0.579. The van der Waals surface area contributed by atoms with Crippen LogP contribution in [-0.2, 0) is 11.2 Å². The molecule has 0 radical (unpaired) electrons. The lowest BCUT2D eigenvalue weighted by Gasteiger charge is -2.40. The van der Waals surface area contributed by atoms with Gasteiger partial charge in [-0.15, -0.1) is 0 Å². The molecular weight excluding hydrogens is 392 g/mol. The van der Waals surface area contributed by atoms with Crippen molar-refractivity contribution in [2.24, 2.45) is 17.8 Å². The Hall–Kier alpha value is -1.50. The van der Waals surface area contributed by atoms with Crippen molar-refractivity contribution in [1.29, 1.82) is 0 Å². The summed E-state index contributed by atoms with van der Waals surface area (Å²) in [6.07, 6.45) is 5.03. The van der Waals surface area contributed by atoms with Crippen LogP contribution in [0.2, 0.25) is 0 Å². The molecule has 4 rings (SSSR count). The van der Waals surface area contributed by atoms with Gasteiger partial charge >= 0.3 is 0 Å². The van der Waals surface area contributed by atoms with Gasteiger partial charge in [0.2, 0.25) is 0 Å². The van der Waals surface area contributed by atoms with Crippen LogP contribution in [-0.4, -0.2) is 51.4 Å². The second kappa shape index (κ2) is 9.55. The highest BCUT2D eigenvalue weighted by atomic mass is 16.5. The van der Waals surface area contributed by atoms with Crippen molar-refractivity contribution in [3.8, 4) is 0 Å². The van der Waals surface area contributed by atoms with Gasteiger partial charge in [-0.3, -0.25) is 0 Å². The molecule has 1 aliphatic heterocycles. The third kappa shape index (κ3) is 4.81. The third-order valence-corrected chi connectivity index (χ3v) is 7.44. The Kier molecular flexibility index (Phi) is 6.99. The second-order valence-corrected chi connectivity index (χ2v) is 9.86. The molecule has 7 atom stereocenters. The monoisotopic (exact) mass is 428 g/mol. The Balaban J connectivity index is 1.46. The SMILES string of the molecule is CC(C)C1CCC2=CC(Cc3cccc([C@@H]4O[C@H](CO)[C@@H](O)[C@H](O)[C@H]4O)c3)=CC2CC1. The predicted octanol–water partition coefficient (Wildman–Crippen LogP) is 3.07. The van der Waals surface area contributed by atoms with Gasteiger partial charge in [0.25, 0.3) is 0 Å². The molecule has 2 aliphatic carbocycles. The van der Waals surface area contributed by atoms with E-state index in [1.807, 2.05) is 18.2 Å². The van der Waals surface area contributed by atoms with Gasteiger partial charge in [-0.05, 0) is 66.6 Å². The van der Waals surface area contributed by atoms with E-state index >= 15 is 0 Å². The number of fused-ring (bicyclic) bond motifs is 1. The summed E-state index contributed by atoms with van der Waals surface area (Å²) in [6, 6.07) is 7.85. The Bertz CT molecular complexity index is 827. The summed E-state index contributed by atoms with van der Waals surface area (Å²) in [5, 5.41) is 40.0. The van der Waals surface area contributed by atoms with Crippen LogP contribution in [0.25, 0.3) is 0 Å². The fourth-order valence-electron chi connectivity index (χ4n) is 5.44. The Morgan fingerprint density at radius 2 is 1.84 bits per heavy atom. The first kappa shape index (κ1) is 22.7. The maximum Gasteiger partial charge on any atom is 0.113 e. The van der Waals surface area contributed by atoms with E-state index in [0.717, 1.165) is 29.4 Å². The first-order valence-corrected chi connectivity index (χ1v) is 11.7. The van der Waals surface area contributed by atoms with Gasteiger partial charge in [0.15, 0.2) is 0 Å². The maximum atomic E-state index is 10.4. The molecule has 2 fully saturated rings. The summed E-state index contributed by atoms with van der Waals surface area (Å²) in [6.45, 7) is 4.26. The van der Waals surface area contributed by atoms with Gasteiger partial charge in [-0.25, -0.2) is 0 Å². The second-order valence-electron chi connectivity index (χ2n) is 9.86. The minimum atomic E-state index is -1.36. The van der Waals surface area contributed by atoms with Crippen molar-refractivity contribution in [3.63, 3.8) is 0 Å². The Morgan fingerprint density at radius 1 is 1.03 bits per heavy atom. The van der Waals surface area contributed by atoms with Crippen molar-refractivity contribution in [3.05, 3.63) is 58.7 Å². The maximum absolute atomic E-state index is 10.4. The number of ether oxygens (including phenoxy) is 1. The molecule has 170 valence electrons. The summed E-state index contributed by atoms with van der Waals surface area (Å²) < 4.78 is 5.73. The van der Waals surface area contributed by atoms with Crippen LogP contribution < -0.4 is 0 Å². The van der Waals surface area contributed by atoms with Crippen LogP contribution in [0.4, 0.5) is 0 Å². The van der Waals surface area contributed by atoms with Crippen LogP contribution in [0, 0.1) is 17.8 Å². The molecule has 0 amide bonds. The summed E-state index contributed by atoms with van der Waals surface area (Å²) in [5.41, 5.74) is 4.78. The van der Waals surface area contributed by atoms with Crippen LogP contribution in [0.1, 0.15) is 56.8 Å². The average molecular weight is 429 g/mol. The van der Waals surface area contributed by atoms with Crippen molar-refractivity contribution < 1.29 is 25.2 Å². The highest BCUT2D eigenvalue weighted by Crippen LogP contribution is 2.40. The zero-order chi connectivity index (χ0) is 22.1. The topological polar surface area (TPSA) is 90.2 Å². The fourth-order valence-corrected chi connectivity index (χ4v) is 5.44. The smallest absolute Gasteiger partial charge is 0.113 e. The van der Waals surface area contributed by atoms with Gasteiger partial charge in [-0.2, -0.15) is 0 Å². The van der Waals surface area contributed by atoms with Crippen molar-refractivity contribution in [2.45, 2.75) is 76.5 Å². The van der Waals surface area contributed by atoms with Gasteiger partial charge in [0, 0.05) is 0 Å². The molecule has 1 heterocycles. The number of benzene rings is 1. The van der Waals surface area contributed by atoms with Gasteiger partial charge in [0.05, 0.1) is 6.61 Å². The van der Waals surface area contributed by atoms with E-state index in [4.69, 9.17) is 4.74 Å². The fraction of sp³-hybridized carbons (Fsp3) is 0.615. The zero-order valence-corrected chi connectivity index (χ0v) is 18.5. The minimum Gasteiger partial charge on any atom is -0.394 e. The molecule has 4 N–H and O–H groups in total. The number of hydrogen-bond acceptors (Lipinski definition) is 5. The standard InChI is InChI=1S/C26H36O5/c1-15(2)18-6-8-19-12-17(13-20(19)9-7-18)10-16-4-3-5-21(11-16)26-25(30)24(29)23(28)22(14-27)31-26/h3-5,11-13,15,18-19,22-30H,6-10,14H2,1-2H3/t18?,19?,22-,23-,24+,25-,26+/m1/s1. The number of aliphatic hydroxyl groups is 4. The number of hydrogen-bond donors (Lipinski definition) is 4. The highest BCUT2D eigenvalue weighted by molar-refractivity contribution is 5.40. The average Bonchev–Trinajstić information content (AvgIpc) is 3.02. The molecule has 1 saturated carbocycles. The van der Waals surface area contributed by atoms with Gasteiger partial charge < -0.3 is 25.2 Å². The lowest BCUT2D eigenvalue weighted by atomic mass is 9.88. The van der Waals surface area contributed by atoms with E-state index in [1.54, 1.807) is 5.57 Å². The lowest BCUT2D eigenvalue weighted by molar-refractivity contribution is -0.231. The summed E-state index contributed by atoms with van der Waals surface area (Å²) >= 11 is 0. The van der Waals surface area contributed by atoms with Crippen molar-refractivity contribution in [1.82, 2.24) is 0 Å². The molecule has 1 aromatic carbocycles. The van der Waals surface area contributed by atoms with Crippen molar-refractivity contribution >= 4 is 0 Å². The summed E-state index contributed by atoms with van der Waals surface area (Å²) in [5.74, 6) is 2.17. The first-order chi connectivity index (χ1) is 14.9. The molecule has 5 nitrogen and oxygen atoms in total. The predicted molar refractivity (Wildman–Crippen MR) is 119 cm³/mol. The molecule has 1 saturated heterocycles. The van der Waals surface area contributed by atoms with Crippen LogP contribution in [0.3, 0.4) is 0 Å². The molecule has 0 spiro atoms. The highest BCUT2D eigenvalue weighted by Gasteiger charge is 2.43. The molecule has 2 unspecified atom stereocenters. The number of aliphatic hydroxyl groups excluding tert-OH is 4. The first-order valence-electron chi connectivity index (χ1n) is 11.7. The summed E-state index contributed by atoms with van der Waals surface area (Å²) in [4.78, 5) is 0. The third-order valence-electron chi connectivity index (χ3n) is 7.44. The van der Waals surface area contributed by atoms with E-state index in [2.05, 4.69) is 32.1 Å². The zero-order valence-electron chi connectivity index (χ0n) is 18.5. The molecule has 3 aliphatic rings. The van der Waals surface area contributed by atoms with Gasteiger partial charge in [0.1, 0.15) is 30.5 Å². The number of rotatable bonds is 5. The van der Waals surface area contributed by atoms with E-state index in [1.165, 1.54) is 31.3 Å². The van der Waals surface area contributed by atoms with E-state index in [-0.39, 0.29) is 0 Å². The van der Waals surface area contributed by atoms with Crippen LogP contribution in [0.5, 0.6) is 0 Å². The molecular formula is C26H36O5.